The third-order valence-electron chi connectivity index (χ3n) is 2.26. The number of rotatable bonds is 6. The second-order valence-corrected chi connectivity index (χ2v) is 8.45. The summed E-state index contributed by atoms with van der Waals surface area (Å²) in [6, 6.07) is 2.77. The lowest BCUT2D eigenvalue weighted by Gasteiger charge is -2.25. The minimum absolute atomic E-state index is 0.117. The highest BCUT2D eigenvalue weighted by Crippen LogP contribution is 2.15. The summed E-state index contributed by atoms with van der Waals surface area (Å²) in [5, 5.41) is 0. The average molecular weight is 322 g/mol. The third-order valence-corrected chi connectivity index (χ3v) is 4.63. The number of nitrogens with two attached hydrogens (primary N) is 1. The molecule has 0 saturated carbocycles. The summed E-state index contributed by atoms with van der Waals surface area (Å²) in [6.07, 6.45) is 2.38. The molecule has 20 heavy (non-hydrogen) atoms. The highest BCUT2D eigenvalue weighted by Gasteiger charge is 2.26. The molecule has 0 bridgehead atoms. The quantitative estimate of drug-likeness (QED) is 0.633. The molecule has 1 aromatic heterocycles. The number of nitrogen functional groups attached to an aromatic ring is 1. The number of nitrogens with one attached hydrogen (secondary N) is 2. The van der Waals surface area contributed by atoms with E-state index < -0.39 is 25.6 Å². The number of hydrogen-bond acceptors (Lipinski definition) is 6. The van der Waals surface area contributed by atoms with Crippen molar-refractivity contribution in [2.24, 2.45) is 0 Å². The zero-order chi connectivity index (χ0) is 15.6. The summed E-state index contributed by atoms with van der Waals surface area (Å²) < 4.78 is 51.1. The molecule has 0 aliphatic rings. The summed E-state index contributed by atoms with van der Waals surface area (Å²) in [4.78, 5) is 3.55. The first-order chi connectivity index (χ1) is 8.93. The Morgan fingerprint density at radius 3 is 2.40 bits per heavy atom. The van der Waals surface area contributed by atoms with E-state index in [-0.39, 0.29) is 17.3 Å². The Hall–Kier alpha value is -1.23. The predicted octanol–water partition coefficient (Wildman–Crippen LogP) is -0.730. The zero-order valence-electron chi connectivity index (χ0n) is 11.4. The van der Waals surface area contributed by atoms with Crippen molar-refractivity contribution in [1.82, 2.24) is 14.4 Å². The number of nitrogens with zero attached hydrogens (tertiary/aromatic N) is 1. The van der Waals surface area contributed by atoms with Crippen LogP contribution in [0.3, 0.4) is 0 Å². The van der Waals surface area contributed by atoms with Gasteiger partial charge in [0.25, 0.3) is 0 Å². The van der Waals surface area contributed by atoms with Crippen LogP contribution in [0.1, 0.15) is 13.8 Å². The van der Waals surface area contributed by atoms with Crippen molar-refractivity contribution in [3.8, 4) is 0 Å². The zero-order valence-corrected chi connectivity index (χ0v) is 13.0. The van der Waals surface area contributed by atoms with Gasteiger partial charge in [0.2, 0.25) is 20.0 Å². The Balaban J connectivity index is 2.87. The van der Waals surface area contributed by atoms with Crippen molar-refractivity contribution in [3.05, 3.63) is 18.3 Å². The van der Waals surface area contributed by atoms with Crippen LogP contribution in [0, 0.1) is 0 Å². The molecule has 1 aromatic rings. The lowest BCUT2D eigenvalue weighted by Crippen LogP contribution is -2.50. The molecule has 0 unspecified atom stereocenters. The summed E-state index contributed by atoms with van der Waals surface area (Å²) in [5.74, 6) is -0.117. The van der Waals surface area contributed by atoms with E-state index in [4.69, 9.17) is 5.73 Å². The first kappa shape index (κ1) is 16.8. The van der Waals surface area contributed by atoms with Gasteiger partial charge in [0, 0.05) is 18.3 Å². The highest BCUT2D eigenvalue weighted by molar-refractivity contribution is 7.89. The fourth-order valence-corrected chi connectivity index (χ4v) is 3.89. The largest absolute Gasteiger partial charge is 0.383 e. The van der Waals surface area contributed by atoms with Crippen molar-refractivity contribution in [1.29, 1.82) is 0 Å². The second kappa shape index (κ2) is 5.64. The Morgan fingerprint density at radius 1 is 1.30 bits per heavy atom. The molecule has 0 radical (unpaired) electrons. The Bertz CT molecular complexity index is 683. The van der Waals surface area contributed by atoms with Crippen molar-refractivity contribution in [2.75, 3.05) is 18.5 Å². The van der Waals surface area contributed by atoms with Crippen LogP contribution in [-0.4, -0.2) is 40.2 Å². The molecule has 1 heterocycles. The molecule has 0 amide bonds. The topological polar surface area (TPSA) is 131 Å². The normalized spacial score (nSPS) is 13.3. The van der Waals surface area contributed by atoms with Gasteiger partial charge in [-0.3, -0.25) is 0 Å². The molecule has 0 spiro atoms. The van der Waals surface area contributed by atoms with E-state index in [9.17, 15) is 16.8 Å². The van der Waals surface area contributed by atoms with E-state index in [1.54, 1.807) is 13.8 Å². The number of aromatic nitrogens is 1. The minimum Gasteiger partial charge on any atom is -0.383 e. The number of sulfonamides is 2. The SMILES string of the molecule is CC(C)(CNS(=O)(=O)c1cccnc1N)NS(C)(=O)=O. The number of anilines is 1. The maximum absolute atomic E-state index is 12.1. The van der Waals surface area contributed by atoms with Crippen LogP contribution in [0.15, 0.2) is 23.2 Å². The van der Waals surface area contributed by atoms with Crippen molar-refractivity contribution in [3.63, 3.8) is 0 Å². The molecule has 0 fully saturated rings. The summed E-state index contributed by atoms with van der Waals surface area (Å²) >= 11 is 0. The molecule has 0 aromatic carbocycles. The predicted molar refractivity (Wildman–Crippen MR) is 75.9 cm³/mol. The first-order valence-electron chi connectivity index (χ1n) is 5.62. The van der Waals surface area contributed by atoms with Gasteiger partial charge in [-0.1, -0.05) is 0 Å². The van der Waals surface area contributed by atoms with Gasteiger partial charge in [-0.05, 0) is 26.0 Å². The van der Waals surface area contributed by atoms with Gasteiger partial charge in [-0.2, -0.15) is 0 Å². The summed E-state index contributed by atoms with van der Waals surface area (Å²) in [5.41, 5.74) is 4.53. The highest BCUT2D eigenvalue weighted by atomic mass is 32.2. The molecule has 8 nitrogen and oxygen atoms in total. The molecular weight excluding hydrogens is 304 g/mol. The van der Waals surface area contributed by atoms with Crippen LogP contribution >= 0.6 is 0 Å². The van der Waals surface area contributed by atoms with Gasteiger partial charge in [0.05, 0.1) is 6.26 Å². The fraction of sp³-hybridized carbons (Fsp3) is 0.500. The van der Waals surface area contributed by atoms with Gasteiger partial charge in [0.1, 0.15) is 10.7 Å². The van der Waals surface area contributed by atoms with Crippen LogP contribution in [0.4, 0.5) is 5.82 Å². The standard InChI is InChI=1S/C10H18N4O4S2/c1-10(2,14-19(3,15)16)7-13-20(17,18)8-5-4-6-12-9(8)11/h4-6,13-14H,7H2,1-3H3,(H2,11,12). The van der Waals surface area contributed by atoms with Crippen molar-refractivity contribution < 1.29 is 16.8 Å². The first-order valence-corrected chi connectivity index (χ1v) is 8.99. The fourth-order valence-electron chi connectivity index (χ4n) is 1.52. The molecule has 1 rings (SSSR count). The van der Waals surface area contributed by atoms with Gasteiger partial charge in [0.15, 0.2) is 0 Å². The van der Waals surface area contributed by atoms with Gasteiger partial charge in [-0.25, -0.2) is 31.3 Å². The van der Waals surface area contributed by atoms with E-state index in [2.05, 4.69) is 14.4 Å². The lowest BCUT2D eigenvalue weighted by atomic mass is 10.1. The second-order valence-electron chi connectivity index (χ2n) is 4.97. The Labute approximate surface area is 118 Å². The van der Waals surface area contributed by atoms with Crippen LogP contribution in [0.25, 0.3) is 0 Å². The van der Waals surface area contributed by atoms with E-state index in [1.165, 1.54) is 18.3 Å². The molecule has 4 N–H and O–H groups in total. The Morgan fingerprint density at radius 2 is 1.90 bits per heavy atom. The minimum atomic E-state index is -3.85. The van der Waals surface area contributed by atoms with Crippen molar-refractivity contribution >= 4 is 25.9 Å². The molecule has 114 valence electrons. The number of hydrogen-bond donors (Lipinski definition) is 3. The summed E-state index contributed by atoms with van der Waals surface area (Å²) in [6.45, 7) is 2.99. The van der Waals surface area contributed by atoms with E-state index in [0.717, 1.165) is 6.26 Å². The monoisotopic (exact) mass is 322 g/mol. The Kier molecular flexibility index (Phi) is 4.74. The molecular formula is C10H18N4O4S2. The maximum Gasteiger partial charge on any atom is 0.244 e. The molecule has 0 atom stereocenters. The van der Waals surface area contributed by atoms with Gasteiger partial charge < -0.3 is 5.73 Å². The maximum atomic E-state index is 12.1. The van der Waals surface area contributed by atoms with E-state index >= 15 is 0 Å². The smallest absolute Gasteiger partial charge is 0.244 e. The summed E-state index contributed by atoms with van der Waals surface area (Å²) in [7, 11) is -7.30. The molecule has 10 heteroatoms. The lowest BCUT2D eigenvalue weighted by molar-refractivity contribution is 0.446. The van der Waals surface area contributed by atoms with Crippen molar-refractivity contribution in [2.45, 2.75) is 24.3 Å². The molecule has 0 aliphatic carbocycles. The van der Waals surface area contributed by atoms with Gasteiger partial charge in [-0.15, -0.1) is 0 Å². The van der Waals surface area contributed by atoms with E-state index in [0.29, 0.717) is 0 Å². The van der Waals surface area contributed by atoms with Gasteiger partial charge >= 0.3 is 0 Å². The van der Waals surface area contributed by atoms with E-state index in [1.807, 2.05) is 0 Å². The van der Waals surface area contributed by atoms with Crippen LogP contribution in [0.2, 0.25) is 0 Å². The average Bonchev–Trinajstić information content (AvgIpc) is 2.24. The number of pyridine rings is 1. The van der Waals surface area contributed by atoms with Crippen LogP contribution in [-0.2, 0) is 20.0 Å². The van der Waals surface area contributed by atoms with Crippen LogP contribution < -0.4 is 15.2 Å². The molecule has 0 saturated heterocycles. The van der Waals surface area contributed by atoms with Crippen LogP contribution in [0.5, 0.6) is 0 Å². The third kappa shape index (κ3) is 5.04. The molecule has 0 aliphatic heterocycles.